The molecule has 0 fully saturated rings. The Bertz CT molecular complexity index is 1390. The van der Waals surface area contributed by atoms with Crippen molar-refractivity contribution in [2.75, 3.05) is 5.75 Å². The summed E-state index contributed by atoms with van der Waals surface area (Å²) < 4.78 is 38.4. The van der Waals surface area contributed by atoms with Crippen LogP contribution in [-0.2, 0) is 20.8 Å². The SMILES string of the molecule is CC(C(=O)O)c1ccc(-c2ccccc2)c(F)c1.NC(N)=Nc1nc(CSCC/C(N)=N/S(N)(=O)=O)cs1. The number of rotatable bonds is 10. The normalized spacial score (nSPS) is 12.2. The van der Waals surface area contributed by atoms with Crippen molar-refractivity contribution in [1.29, 1.82) is 0 Å². The van der Waals surface area contributed by atoms with Crippen LogP contribution >= 0.6 is 23.1 Å². The van der Waals surface area contributed by atoms with Crippen molar-refractivity contribution in [1.82, 2.24) is 4.98 Å². The van der Waals surface area contributed by atoms with Crippen molar-refractivity contribution >= 4 is 56.2 Å². The molecule has 11 nitrogen and oxygen atoms in total. The molecule has 38 heavy (non-hydrogen) atoms. The predicted molar refractivity (Wildman–Crippen MR) is 151 cm³/mol. The lowest BCUT2D eigenvalue weighted by Crippen LogP contribution is -2.21. The van der Waals surface area contributed by atoms with Crippen molar-refractivity contribution in [3.05, 3.63) is 71.0 Å². The zero-order valence-corrected chi connectivity index (χ0v) is 22.8. The van der Waals surface area contributed by atoms with E-state index >= 15 is 0 Å². The fourth-order valence-electron chi connectivity index (χ4n) is 2.88. The Morgan fingerprint density at radius 1 is 1.18 bits per heavy atom. The van der Waals surface area contributed by atoms with Crippen molar-refractivity contribution < 1.29 is 22.7 Å². The number of hydrogen-bond acceptors (Lipinski definition) is 7. The number of aliphatic imine (C=N–C) groups is 1. The van der Waals surface area contributed by atoms with Crippen LogP contribution in [0.1, 0.15) is 30.5 Å². The number of amidine groups is 1. The molecule has 1 heterocycles. The first-order valence-electron chi connectivity index (χ1n) is 10.9. The van der Waals surface area contributed by atoms with Gasteiger partial charge in [-0.3, -0.25) is 4.79 Å². The third kappa shape index (κ3) is 10.8. The van der Waals surface area contributed by atoms with Gasteiger partial charge in [0.2, 0.25) is 5.13 Å². The smallest absolute Gasteiger partial charge is 0.318 e. The second-order valence-electron chi connectivity index (χ2n) is 7.72. The fraction of sp³-hybridized carbons (Fsp3) is 0.217. The van der Waals surface area contributed by atoms with Gasteiger partial charge >= 0.3 is 16.2 Å². The summed E-state index contributed by atoms with van der Waals surface area (Å²) in [7, 11) is -3.92. The molecular formula is C23H28FN7O4S3. The lowest BCUT2D eigenvalue weighted by molar-refractivity contribution is -0.138. The molecule has 1 unspecified atom stereocenters. The number of thioether (sulfide) groups is 1. The van der Waals surface area contributed by atoms with Gasteiger partial charge in [0, 0.05) is 28.9 Å². The molecule has 0 saturated heterocycles. The lowest BCUT2D eigenvalue weighted by Gasteiger charge is -2.09. The molecule has 204 valence electrons. The van der Waals surface area contributed by atoms with Crippen LogP contribution in [0.3, 0.4) is 0 Å². The lowest BCUT2D eigenvalue weighted by atomic mass is 9.97. The van der Waals surface area contributed by atoms with Crippen molar-refractivity contribution in [2.45, 2.75) is 25.0 Å². The highest BCUT2D eigenvalue weighted by molar-refractivity contribution is 7.98. The number of thiazole rings is 1. The standard InChI is InChI=1S/C15H13FO2.C8H15N7O2S3/c1-10(15(17)18)12-7-8-13(14(16)9-12)11-5-3-2-4-6-11;9-6(15-20(12,16)17)1-2-18-3-5-4-19-8(13-5)14-7(10)11/h2-10H,1H3,(H,17,18);4H,1-3H2,(H2,9,15)(H2,12,16,17)(H4,10,11,13,14). The van der Waals surface area contributed by atoms with Gasteiger partial charge in [-0.1, -0.05) is 42.5 Å². The summed E-state index contributed by atoms with van der Waals surface area (Å²) in [5.74, 6) is -0.873. The van der Waals surface area contributed by atoms with Gasteiger partial charge < -0.3 is 22.3 Å². The highest BCUT2D eigenvalue weighted by Crippen LogP contribution is 2.26. The average molecular weight is 582 g/mol. The minimum Gasteiger partial charge on any atom is -0.481 e. The van der Waals surface area contributed by atoms with Crippen LogP contribution in [0.5, 0.6) is 0 Å². The van der Waals surface area contributed by atoms with Gasteiger partial charge in [0.15, 0.2) is 5.96 Å². The van der Waals surface area contributed by atoms with Crippen LogP contribution in [0.15, 0.2) is 63.3 Å². The van der Waals surface area contributed by atoms with Crippen LogP contribution in [0, 0.1) is 5.82 Å². The number of guanidine groups is 1. The van der Waals surface area contributed by atoms with E-state index < -0.39 is 27.9 Å². The van der Waals surface area contributed by atoms with Crippen LogP contribution < -0.4 is 22.3 Å². The highest BCUT2D eigenvalue weighted by Gasteiger charge is 2.15. The van der Waals surface area contributed by atoms with E-state index in [0.29, 0.717) is 34.2 Å². The molecule has 1 aromatic heterocycles. The van der Waals surface area contributed by atoms with E-state index in [9.17, 15) is 17.6 Å². The fourth-order valence-corrected chi connectivity index (χ4v) is 4.97. The maximum Gasteiger partial charge on any atom is 0.318 e. The number of nitrogens with zero attached hydrogens (tertiary/aromatic N) is 3. The summed E-state index contributed by atoms with van der Waals surface area (Å²) in [5.41, 5.74) is 18.5. The number of hydrogen-bond donors (Lipinski definition) is 5. The van der Waals surface area contributed by atoms with Gasteiger partial charge in [0.05, 0.1) is 11.6 Å². The number of nitrogens with two attached hydrogens (primary N) is 4. The minimum absolute atomic E-state index is 0.0144. The van der Waals surface area contributed by atoms with E-state index in [4.69, 9.17) is 27.4 Å². The first-order chi connectivity index (χ1) is 17.9. The molecule has 0 spiro atoms. The van der Waals surface area contributed by atoms with Crippen LogP contribution in [0.4, 0.5) is 9.52 Å². The average Bonchev–Trinajstić information content (AvgIpc) is 3.27. The molecule has 0 amide bonds. The van der Waals surface area contributed by atoms with Gasteiger partial charge in [-0.05, 0) is 24.1 Å². The topological polar surface area (TPSA) is 213 Å². The zero-order valence-electron chi connectivity index (χ0n) is 20.3. The molecule has 9 N–H and O–H groups in total. The molecule has 0 aliphatic heterocycles. The molecule has 0 radical (unpaired) electrons. The van der Waals surface area contributed by atoms with Crippen molar-refractivity contribution in [2.24, 2.45) is 31.7 Å². The molecule has 1 atom stereocenters. The number of halogens is 1. The minimum atomic E-state index is -3.92. The summed E-state index contributed by atoms with van der Waals surface area (Å²) in [5, 5.41) is 16.0. The van der Waals surface area contributed by atoms with Crippen LogP contribution in [0.25, 0.3) is 11.1 Å². The third-order valence-corrected chi connectivity index (χ3v) is 6.97. The number of carboxylic acids is 1. The molecule has 15 heteroatoms. The maximum absolute atomic E-state index is 14.0. The Morgan fingerprint density at radius 3 is 2.45 bits per heavy atom. The van der Waals surface area contributed by atoms with Gasteiger partial charge in [-0.2, -0.15) is 25.2 Å². The molecule has 2 aromatic carbocycles. The van der Waals surface area contributed by atoms with E-state index in [2.05, 4.69) is 14.4 Å². The second-order valence-corrected chi connectivity index (χ2v) is 10.9. The number of carboxylic acid groups (broad SMARTS) is 1. The number of benzene rings is 2. The van der Waals surface area contributed by atoms with E-state index in [-0.39, 0.29) is 11.8 Å². The molecule has 3 aromatic rings. The van der Waals surface area contributed by atoms with E-state index in [1.807, 2.05) is 35.7 Å². The molecular weight excluding hydrogens is 553 g/mol. The molecule has 0 aliphatic rings. The van der Waals surface area contributed by atoms with Gasteiger partial charge in [-0.25, -0.2) is 14.5 Å². The second kappa shape index (κ2) is 14.4. The summed E-state index contributed by atoms with van der Waals surface area (Å²) >= 11 is 2.86. The first-order valence-corrected chi connectivity index (χ1v) is 14.5. The van der Waals surface area contributed by atoms with Crippen molar-refractivity contribution in [3.8, 4) is 11.1 Å². The highest BCUT2D eigenvalue weighted by atomic mass is 32.2. The third-order valence-electron chi connectivity index (χ3n) is 4.71. The summed E-state index contributed by atoms with van der Waals surface area (Å²) in [6.07, 6.45) is 0.325. The van der Waals surface area contributed by atoms with Gasteiger partial charge in [0.25, 0.3) is 0 Å². The van der Waals surface area contributed by atoms with E-state index in [1.165, 1.54) is 29.2 Å². The van der Waals surface area contributed by atoms with Crippen molar-refractivity contribution in [3.63, 3.8) is 0 Å². The predicted octanol–water partition coefficient (Wildman–Crippen LogP) is 2.91. The largest absolute Gasteiger partial charge is 0.481 e. The van der Waals surface area contributed by atoms with Gasteiger partial charge in [0.1, 0.15) is 11.7 Å². The quantitative estimate of drug-likeness (QED) is 0.135. The first kappa shape index (κ1) is 30.7. The monoisotopic (exact) mass is 581 g/mol. The van der Waals surface area contributed by atoms with Gasteiger partial charge in [-0.15, -0.1) is 15.7 Å². The molecule has 3 rings (SSSR count). The Hall–Kier alpha value is -3.53. The summed E-state index contributed by atoms with van der Waals surface area (Å²) in [4.78, 5) is 18.9. The van der Waals surface area contributed by atoms with E-state index in [1.54, 1.807) is 19.1 Å². The Morgan fingerprint density at radius 2 is 1.87 bits per heavy atom. The molecule has 0 bridgehead atoms. The van der Waals surface area contributed by atoms with E-state index in [0.717, 1.165) is 11.3 Å². The summed E-state index contributed by atoms with van der Waals surface area (Å²) in [6.45, 7) is 1.54. The number of carbonyl (C=O) groups is 1. The Labute approximate surface area is 228 Å². The maximum atomic E-state index is 14.0. The number of aliphatic carboxylic acids is 1. The van der Waals surface area contributed by atoms with Crippen LogP contribution in [-0.4, -0.2) is 42.0 Å². The summed E-state index contributed by atoms with van der Waals surface area (Å²) in [6, 6.07) is 13.7. The molecule has 0 saturated carbocycles. The Balaban J connectivity index is 0.000000268. The van der Waals surface area contributed by atoms with Crippen LogP contribution in [0.2, 0.25) is 0 Å². The zero-order chi connectivity index (χ0) is 28.3. The number of aromatic nitrogens is 1. The Kier molecular flexibility index (Phi) is 11.6. The molecule has 0 aliphatic carbocycles.